The minimum Gasteiger partial charge on any atom is -0.378 e. The van der Waals surface area contributed by atoms with Gasteiger partial charge in [-0.25, -0.2) is 0 Å². The maximum absolute atomic E-state index is 13.2. The van der Waals surface area contributed by atoms with Crippen molar-refractivity contribution in [3.63, 3.8) is 0 Å². The molecule has 2 aromatic rings. The van der Waals surface area contributed by atoms with E-state index >= 15 is 0 Å². The van der Waals surface area contributed by atoms with Gasteiger partial charge in [-0.15, -0.1) is 0 Å². The van der Waals surface area contributed by atoms with Gasteiger partial charge in [0, 0.05) is 24.3 Å². The summed E-state index contributed by atoms with van der Waals surface area (Å²) in [7, 11) is 1.89. The van der Waals surface area contributed by atoms with Crippen molar-refractivity contribution in [2.75, 3.05) is 45.2 Å². The van der Waals surface area contributed by atoms with Crippen molar-refractivity contribution >= 4 is 17.5 Å². The van der Waals surface area contributed by atoms with Crippen molar-refractivity contribution in [1.82, 2.24) is 4.90 Å². The zero-order chi connectivity index (χ0) is 19.9. The number of morpholine rings is 1. The molecule has 1 aliphatic heterocycles. The third-order valence-corrected chi connectivity index (χ3v) is 4.97. The van der Waals surface area contributed by atoms with Crippen LogP contribution < -0.4 is 10.2 Å². The number of likely N-dealkylation sites (N-methyl/N-ethyl adjacent to an activating group) is 1. The Balaban J connectivity index is 1.72. The first-order valence-electron chi connectivity index (χ1n) is 9.65. The smallest absolute Gasteiger partial charge is 0.285 e. The van der Waals surface area contributed by atoms with E-state index in [4.69, 9.17) is 4.74 Å². The van der Waals surface area contributed by atoms with Crippen LogP contribution in [0.2, 0.25) is 0 Å². The van der Waals surface area contributed by atoms with E-state index in [-0.39, 0.29) is 18.4 Å². The third-order valence-electron chi connectivity index (χ3n) is 4.97. The predicted octanol–water partition coefficient (Wildman–Crippen LogP) is 1.05. The second-order valence-corrected chi connectivity index (χ2v) is 7.22. The van der Waals surface area contributed by atoms with Gasteiger partial charge >= 0.3 is 0 Å². The first-order valence-corrected chi connectivity index (χ1v) is 9.65. The largest absolute Gasteiger partial charge is 0.378 e. The standard InChI is InChI=1S/C22H27N3O3/c1-17-8-10-19(11-9-17)23-20(26)16-24(2)21(18-6-4-3-5-7-18)22(27)25-12-14-28-15-13-25/h3-11,21H,12-16H2,1-2H3,(H,23,26)/p+1/t21-/m1/s1. The Labute approximate surface area is 166 Å². The monoisotopic (exact) mass is 382 g/mol. The Hall–Kier alpha value is -2.70. The topological polar surface area (TPSA) is 63.1 Å². The van der Waals surface area contributed by atoms with E-state index in [2.05, 4.69) is 5.32 Å². The number of anilines is 1. The molecule has 0 saturated carbocycles. The average molecular weight is 382 g/mol. The molecule has 0 aromatic heterocycles. The number of hydrogen-bond donors (Lipinski definition) is 2. The highest BCUT2D eigenvalue weighted by Gasteiger charge is 2.34. The van der Waals surface area contributed by atoms with Crippen LogP contribution in [0.4, 0.5) is 5.69 Å². The molecule has 1 fully saturated rings. The average Bonchev–Trinajstić information content (AvgIpc) is 2.71. The van der Waals surface area contributed by atoms with Crippen LogP contribution in [0.5, 0.6) is 0 Å². The molecule has 2 amide bonds. The van der Waals surface area contributed by atoms with Crippen molar-refractivity contribution in [3.8, 4) is 0 Å². The lowest BCUT2D eigenvalue weighted by molar-refractivity contribution is -0.894. The fourth-order valence-electron chi connectivity index (χ4n) is 3.45. The van der Waals surface area contributed by atoms with Crippen molar-refractivity contribution in [3.05, 3.63) is 65.7 Å². The van der Waals surface area contributed by atoms with Crippen LogP contribution in [0.15, 0.2) is 54.6 Å². The molecular weight excluding hydrogens is 354 g/mol. The van der Waals surface area contributed by atoms with Gasteiger partial charge in [0.15, 0.2) is 12.6 Å². The fraction of sp³-hybridized carbons (Fsp3) is 0.364. The number of ether oxygens (including phenoxy) is 1. The van der Waals surface area contributed by atoms with Crippen LogP contribution in [0.1, 0.15) is 17.2 Å². The first-order chi connectivity index (χ1) is 13.5. The number of nitrogens with zero attached hydrogens (tertiary/aromatic N) is 1. The molecule has 2 aromatic carbocycles. The van der Waals surface area contributed by atoms with Crippen molar-refractivity contribution < 1.29 is 19.2 Å². The van der Waals surface area contributed by atoms with Gasteiger partial charge in [-0.1, -0.05) is 48.0 Å². The summed E-state index contributed by atoms with van der Waals surface area (Å²) in [6.07, 6.45) is 0. The lowest BCUT2D eigenvalue weighted by atomic mass is 10.0. The Kier molecular flexibility index (Phi) is 6.79. The molecule has 1 unspecified atom stereocenters. The molecule has 148 valence electrons. The summed E-state index contributed by atoms with van der Waals surface area (Å²) in [5.74, 6) is -0.0767. The Morgan fingerprint density at radius 3 is 2.36 bits per heavy atom. The molecule has 28 heavy (non-hydrogen) atoms. The lowest BCUT2D eigenvalue weighted by Gasteiger charge is -2.32. The predicted molar refractivity (Wildman–Crippen MR) is 108 cm³/mol. The zero-order valence-electron chi connectivity index (χ0n) is 16.5. The van der Waals surface area contributed by atoms with Crippen LogP contribution in [0.25, 0.3) is 0 Å². The number of amides is 2. The molecule has 6 nitrogen and oxygen atoms in total. The summed E-state index contributed by atoms with van der Waals surface area (Å²) in [4.78, 5) is 28.5. The maximum atomic E-state index is 13.2. The summed E-state index contributed by atoms with van der Waals surface area (Å²) in [6, 6.07) is 16.9. The minimum absolute atomic E-state index is 0.0372. The summed E-state index contributed by atoms with van der Waals surface area (Å²) >= 11 is 0. The minimum atomic E-state index is -0.428. The van der Waals surface area contributed by atoms with Gasteiger partial charge in [0.05, 0.1) is 20.3 Å². The first kappa shape index (κ1) is 20.0. The molecule has 0 radical (unpaired) electrons. The molecule has 0 aliphatic carbocycles. The van der Waals surface area contributed by atoms with Gasteiger partial charge in [-0.05, 0) is 19.1 Å². The van der Waals surface area contributed by atoms with E-state index < -0.39 is 6.04 Å². The highest BCUT2D eigenvalue weighted by Crippen LogP contribution is 2.14. The molecule has 1 heterocycles. The summed E-state index contributed by atoms with van der Waals surface area (Å²) in [5.41, 5.74) is 2.82. The van der Waals surface area contributed by atoms with Gasteiger partial charge in [0.1, 0.15) is 0 Å². The zero-order valence-corrected chi connectivity index (χ0v) is 16.5. The van der Waals surface area contributed by atoms with Crippen molar-refractivity contribution in [2.45, 2.75) is 13.0 Å². The van der Waals surface area contributed by atoms with E-state index in [1.165, 1.54) is 0 Å². The molecule has 3 rings (SSSR count). The number of carbonyl (C=O) groups excluding carboxylic acids is 2. The van der Waals surface area contributed by atoms with E-state index in [0.29, 0.717) is 26.3 Å². The Morgan fingerprint density at radius 1 is 1.07 bits per heavy atom. The summed E-state index contributed by atoms with van der Waals surface area (Å²) < 4.78 is 5.37. The van der Waals surface area contributed by atoms with Crippen molar-refractivity contribution in [1.29, 1.82) is 0 Å². The number of carbonyl (C=O) groups is 2. The highest BCUT2D eigenvalue weighted by atomic mass is 16.5. The van der Waals surface area contributed by atoms with Crippen LogP contribution in [-0.2, 0) is 14.3 Å². The maximum Gasteiger partial charge on any atom is 0.285 e. The summed E-state index contributed by atoms with van der Waals surface area (Å²) in [6.45, 7) is 4.49. The third kappa shape index (κ3) is 5.18. The number of hydrogen-bond acceptors (Lipinski definition) is 3. The second-order valence-electron chi connectivity index (χ2n) is 7.22. The van der Waals surface area contributed by atoms with Crippen LogP contribution in [0, 0.1) is 6.92 Å². The van der Waals surface area contributed by atoms with Gasteiger partial charge in [0.25, 0.3) is 11.8 Å². The van der Waals surface area contributed by atoms with E-state index in [9.17, 15) is 9.59 Å². The van der Waals surface area contributed by atoms with Gasteiger partial charge in [0.2, 0.25) is 0 Å². The second kappa shape index (κ2) is 9.48. The molecule has 0 spiro atoms. The van der Waals surface area contributed by atoms with Crippen molar-refractivity contribution in [2.24, 2.45) is 0 Å². The molecule has 1 saturated heterocycles. The van der Waals surface area contributed by atoms with Crippen LogP contribution in [0.3, 0.4) is 0 Å². The lowest BCUT2D eigenvalue weighted by Crippen LogP contribution is -3.11. The number of quaternary nitrogens is 1. The van der Waals surface area contributed by atoms with Gasteiger partial charge in [-0.2, -0.15) is 0 Å². The van der Waals surface area contributed by atoms with E-state index in [0.717, 1.165) is 21.7 Å². The molecule has 1 aliphatic rings. The molecule has 6 heteroatoms. The molecular formula is C22H28N3O3+. The van der Waals surface area contributed by atoms with Crippen LogP contribution >= 0.6 is 0 Å². The molecule has 2 atom stereocenters. The SMILES string of the molecule is Cc1ccc(NC(=O)C[NH+](C)[C@@H](C(=O)N2CCOCC2)c2ccccc2)cc1. The molecule has 2 N–H and O–H groups in total. The Morgan fingerprint density at radius 2 is 1.71 bits per heavy atom. The van der Waals surface area contributed by atoms with Gasteiger partial charge in [-0.3, -0.25) is 9.59 Å². The van der Waals surface area contributed by atoms with E-state index in [1.54, 1.807) is 0 Å². The summed E-state index contributed by atoms with van der Waals surface area (Å²) in [5, 5.41) is 2.92. The van der Waals surface area contributed by atoms with Crippen LogP contribution in [-0.4, -0.2) is 56.6 Å². The quantitative estimate of drug-likeness (QED) is 0.785. The number of aryl methyl sites for hydroxylation is 1. The number of rotatable bonds is 6. The molecule has 0 bridgehead atoms. The number of nitrogens with one attached hydrogen (secondary N) is 2. The Bertz CT molecular complexity index is 786. The normalized spacial score (nSPS) is 16.3. The fourth-order valence-corrected chi connectivity index (χ4v) is 3.45. The van der Waals surface area contributed by atoms with Gasteiger partial charge < -0.3 is 19.9 Å². The number of benzene rings is 2. The van der Waals surface area contributed by atoms with E-state index in [1.807, 2.05) is 73.5 Å². The highest BCUT2D eigenvalue weighted by molar-refractivity contribution is 5.91.